The number of carbonyl (C=O) groups is 2. The second-order valence-corrected chi connectivity index (χ2v) is 3.04. The largest absolute Gasteiger partial charge is 1.00 e. The molecule has 0 saturated heterocycles. The molecule has 2 unspecified atom stereocenters. The average molecular weight is 270 g/mol. The van der Waals surface area contributed by atoms with E-state index < -0.39 is 32.0 Å². The minimum Gasteiger partial charge on any atom is -0.756 e. The van der Waals surface area contributed by atoms with Gasteiger partial charge in [-0.05, 0) is 0 Å². The first-order chi connectivity index (χ1) is 6.46. The third-order valence-corrected chi connectivity index (χ3v) is 0.805. The van der Waals surface area contributed by atoms with Crippen LogP contribution in [-0.2, 0) is 14.2 Å². The van der Waals surface area contributed by atoms with Crippen LogP contribution in [0, 0.1) is 0 Å². The molecule has 10 nitrogen and oxygen atoms in total. The molecule has 0 amide bonds. The van der Waals surface area contributed by atoms with Crippen LogP contribution < -0.4 is 34.5 Å². The molecule has 0 fully saturated rings. The van der Waals surface area contributed by atoms with Crippen LogP contribution in [0.25, 0.3) is 0 Å². The molecule has 0 aliphatic rings. The van der Waals surface area contributed by atoms with Gasteiger partial charge in [0.25, 0.3) is 7.82 Å². The van der Waals surface area contributed by atoms with E-state index in [4.69, 9.17) is 39.7 Å². The van der Waals surface area contributed by atoms with Crippen LogP contribution in [-0.4, -0.2) is 54.4 Å². The molecular weight excluding hydrogens is 262 g/mol. The smallest absolute Gasteiger partial charge is 0.756 e. The minimum absolute atomic E-state index is 0. The fourth-order valence-electron chi connectivity index (χ4n) is 0.270. The molecule has 0 aromatic heterocycles. The Hall–Kier alpha value is -0.0300. The monoisotopic (exact) mass is 270 g/mol. The van der Waals surface area contributed by atoms with Crippen LogP contribution in [0.3, 0.4) is 0 Å². The van der Waals surface area contributed by atoms with E-state index in [0.717, 1.165) is 0 Å². The maximum Gasteiger partial charge on any atom is 1.00 e. The Kier molecular flexibility index (Phi) is 12.0. The van der Waals surface area contributed by atoms with Crippen molar-refractivity contribution in [3.05, 3.63) is 0 Å². The molecule has 90 valence electrons. The molecule has 0 aliphatic heterocycles. The molecule has 0 aromatic rings. The summed E-state index contributed by atoms with van der Waals surface area (Å²) < 4.78 is 8.77. The molecule has 0 bridgehead atoms. The second kappa shape index (κ2) is 9.05. The SMILES string of the molecule is O=C(O)C(O)C(O)C(=O)O.O=P([O-])(O)O.[Na+]. The number of carboxylic acid groups (broad SMARTS) is 2. The molecule has 0 spiro atoms. The van der Waals surface area contributed by atoms with E-state index >= 15 is 0 Å². The first kappa shape index (κ1) is 21.3. The van der Waals surface area contributed by atoms with Gasteiger partial charge in [0.15, 0.2) is 12.2 Å². The average Bonchev–Trinajstić information content (AvgIpc) is 1.98. The number of hydrogen-bond donors (Lipinski definition) is 6. The maximum absolute atomic E-state index is 9.77. The van der Waals surface area contributed by atoms with E-state index in [9.17, 15) is 9.59 Å². The number of carboxylic acids is 2. The van der Waals surface area contributed by atoms with E-state index in [2.05, 4.69) is 0 Å². The van der Waals surface area contributed by atoms with E-state index in [0.29, 0.717) is 0 Å². The van der Waals surface area contributed by atoms with Crippen molar-refractivity contribution in [2.24, 2.45) is 0 Å². The van der Waals surface area contributed by atoms with Crippen molar-refractivity contribution in [3.63, 3.8) is 0 Å². The molecule has 0 aromatic carbocycles. The number of phosphoric acid groups is 1. The summed E-state index contributed by atoms with van der Waals surface area (Å²) in [5, 5.41) is 32.5. The molecule has 0 rings (SSSR count). The van der Waals surface area contributed by atoms with Crippen LogP contribution in [0.2, 0.25) is 0 Å². The van der Waals surface area contributed by atoms with Gasteiger partial charge in [0.05, 0.1) is 0 Å². The quantitative estimate of drug-likeness (QED) is 0.212. The molecule has 0 radical (unpaired) electrons. The molecule has 0 saturated carbocycles. The maximum atomic E-state index is 9.77. The van der Waals surface area contributed by atoms with E-state index in [1.165, 1.54) is 0 Å². The Labute approximate surface area is 111 Å². The van der Waals surface area contributed by atoms with E-state index in [1.807, 2.05) is 0 Å². The zero-order valence-electron chi connectivity index (χ0n) is 7.92. The number of aliphatic hydroxyl groups is 2. The van der Waals surface area contributed by atoms with Gasteiger partial charge < -0.3 is 35.1 Å². The second-order valence-electron chi connectivity index (χ2n) is 2.06. The Balaban J connectivity index is -0.000000242. The van der Waals surface area contributed by atoms with Crippen molar-refractivity contribution in [2.45, 2.75) is 12.2 Å². The fourth-order valence-corrected chi connectivity index (χ4v) is 0.270. The molecule has 12 heteroatoms. The Morgan fingerprint density at radius 2 is 1.12 bits per heavy atom. The Bertz CT molecular complexity index is 246. The predicted molar refractivity (Wildman–Crippen MR) is 39.3 cm³/mol. The standard InChI is InChI=1S/C4H6O6.Na.H3O4P/c5-1(3(7)8)2(6)4(9)10;;1-5(2,3)4/h1-2,5-6H,(H,7,8)(H,9,10);;(H3,1,2,3,4)/q;+1;/p-1. The van der Waals surface area contributed by atoms with Crippen molar-refractivity contribution >= 4 is 19.8 Å². The molecular formula is C4H8NaO10P. The van der Waals surface area contributed by atoms with Gasteiger partial charge in [0.1, 0.15) is 0 Å². The van der Waals surface area contributed by atoms with Gasteiger partial charge in [-0.1, -0.05) is 0 Å². The summed E-state index contributed by atoms with van der Waals surface area (Å²) in [6, 6.07) is 0. The van der Waals surface area contributed by atoms with Crippen LogP contribution in [0.4, 0.5) is 0 Å². The van der Waals surface area contributed by atoms with Crippen LogP contribution >= 0.6 is 7.82 Å². The van der Waals surface area contributed by atoms with Gasteiger partial charge >= 0.3 is 41.5 Å². The summed E-state index contributed by atoms with van der Waals surface area (Å²) in [5.74, 6) is -3.54. The summed E-state index contributed by atoms with van der Waals surface area (Å²) >= 11 is 0. The predicted octanol–water partition coefficient (Wildman–Crippen LogP) is -6.68. The van der Waals surface area contributed by atoms with Crippen LogP contribution in [0.15, 0.2) is 0 Å². The van der Waals surface area contributed by atoms with Gasteiger partial charge in [-0.3, -0.25) is 4.57 Å². The summed E-state index contributed by atoms with van der Waals surface area (Å²) in [4.78, 5) is 42.5. The summed E-state index contributed by atoms with van der Waals surface area (Å²) in [5.41, 5.74) is 0. The fraction of sp³-hybridized carbons (Fsp3) is 0.500. The van der Waals surface area contributed by atoms with Crippen molar-refractivity contribution < 1.29 is 78.8 Å². The zero-order chi connectivity index (χ0) is 12.8. The van der Waals surface area contributed by atoms with Crippen molar-refractivity contribution in [1.29, 1.82) is 0 Å². The van der Waals surface area contributed by atoms with Crippen LogP contribution in [0.5, 0.6) is 0 Å². The van der Waals surface area contributed by atoms with Gasteiger partial charge in [-0.2, -0.15) is 0 Å². The van der Waals surface area contributed by atoms with Crippen molar-refractivity contribution in [3.8, 4) is 0 Å². The molecule has 6 N–H and O–H groups in total. The van der Waals surface area contributed by atoms with Gasteiger partial charge in [-0.15, -0.1) is 0 Å². The molecule has 0 heterocycles. The summed E-state index contributed by atoms with van der Waals surface area (Å²) in [6.45, 7) is 0. The summed E-state index contributed by atoms with van der Waals surface area (Å²) in [7, 11) is -4.89. The first-order valence-corrected chi connectivity index (χ1v) is 4.58. The topological polar surface area (TPSA) is 196 Å². The molecule has 16 heavy (non-hydrogen) atoms. The van der Waals surface area contributed by atoms with E-state index in [-0.39, 0.29) is 29.6 Å². The van der Waals surface area contributed by atoms with E-state index in [1.54, 1.807) is 0 Å². The van der Waals surface area contributed by atoms with Crippen LogP contribution in [0.1, 0.15) is 0 Å². The van der Waals surface area contributed by atoms with Gasteiger partial charge in [0.2, 0.25) is 0 Å². The molecule has 0 aliphatic carbocycles. The van der Waals surface area contributed by atoms with Crippen molar-refractivity contribution in [2.75, 3.05) is 0 Å². The van der Waals surface area contributed by atoms with Gasteiger partial charge in [0, 0.05) is 0 Å². The Morgan fingerprint density at radius 3 is 1.19 bits per heavy atom. The molecule has 2 atom stereocenters. The first-order valence-electron chi connectivity index (χ1n) is 3.05. The Morgan fingerprint density at radius 1 is 1.00 bits per heavy atom. The number of aliphatic carboxylic acids is 2. The minimum atomic E-state index is -4.89. The van der Waals surface area contributed by atoms with Crippen molar-refractivity contribution in [1.82, 2.24) is 0 Å². The van der Waals surface area contributed by atoms with Gasteiger partial charge in [-0.25, -0.2) is 9.59 Å². The third kappa shape index (κ3) is 16.4. The normalized spacial score (nSPS) is 13.6. The summed E-state index contributed by atoms with van der Waals surface area (Å²) in [6.07, 6.45) is -4.53. The number of hydrogen-bond acceptors (Lipinski definition) is 6. The number of aliphatic hydroxyl groups excluding tert-OH is 2. The third-order valence-electron chi connectivity index (χ3n) is 0.805. The zero-order valence-corrected chi connectivity index (χ0v) is 10.8. The number of rotatable bonds is 3.